The van der Waals surface area contributed by atoms with Gasteiger partial charge in [0.05, 0.1) is 0 Å². The number of nitrogens with one attached hydrogen (secondary N) is 1. The Labute approximate surface area is 99.8 Å². The molecule has 0 heterocycles. The summed E-state index contributed by atoms with van der Waals surface area (Å²) in [5.74, 6) is 0. The van der Waals surface area contributed by atoms with Crippen LogP contribution in [0.15, 0.2) is 22.7 Å². The molecule has 0 fully saturated rings. The molecule has 78 valence electrons. The van der Waals surface area contributed by atoms with Crippen LogP contribution in [0.25, 0.3) is 0 Å². The third-order valence-corrected chi connectivity index (χ3v) is 3.26. The molecule has 3 heteroatoms. The topological polar surface area (TPSA) is 12.0 Å². The van der Waals surface area contributed by atoms with Crippen molar-refractivity contribution in [1.82, 2.24) is 5.32 Å². The summed E-state index contributed by atoms with van der Waals surface area (Å²) in [4.78, 5) is 0. The van der Waals surface area contributed by atoms with Gasteiger partial charge >= 0.3 is 0 Å². The Kier molecular flexibility index (Phi) is 4.42. The highest BCUT2D eigenvalue weighted by Crippen LogP contribution is 2.31. The van der Waals surface area contributed by atoms with Gasteiger partial charge in [-0.3, -0.25) is 0 Å². The van der Waals surface area contributed by atoms with E-state index in [9.17, 15) is 0 Å². The van der Waals surface area contributed by atoms with Crippen LogP contribution < -0.4 is 5.32 Å². The lowest BCUT2D eigenvalue weighted by Gasteiger charge is -2.25. The summed E-state index contributed by atoms with van der Waals surface area (Å²) in [7, 11) is 2.04. The molecule has 1 atom stereocenters. The van der Waals surface area contributed by atoms with E-state index in [1.807, 2.05) is 7.05 Å². The van der Waals surface area contributed by atoms with Crippen LogP contribution in [0.1, 0.15) is 30.0 Å². The van der Waals surface area contributed by atoms with Gasteiger partial charge < -0.3 is 5.32 Å². The average Bonchev–Trinajstić information content (AvgIpc) is 2.17. The highest BCUT2D eigenvalue weighted by molar-refractivity contribution is 9.10. The summed E-state index contributed by atoms with van der Waals surface area (Å²) in [6.45, 7) is 0. The first kappa shape index (κ1) is 12.0. The van der Waals surface area contributed by atoms with Gasteiger partial charge in [0.1, 0.15) is 0 Å². The second kappa shape index (κ2) is 5.15. The van der Waals surface area contributed by atoms with Crippen LogP contribution in [-0.4, -0.2) is 7.05 Å². The van der Waals surface area contributed by atoms with Crippen molar-refractivity contribution in [2.75, 3.05) is 7.05 Å². The lowest BCUT2D eigenvalue weighted by atomic mass is 9.88. The summed E-state index contributed by atoms with van der Waals surface area (Å²) in [6.07, 6.45) is 3.81. The predicted molar refractivity (Wildman–Crippen MR) is 66.1 cm³/mol. The van der Waals surface area contributed by atoms with Gasteiger partial charge in [0.25, 0.3) is 0 Å². The van der Waals surface area contributed by atoms with Crippen molar-refractivity contribution in [3.05, 3.63) is 33.8 Å². The monoisotopic (exact) mass is 275 g/mol. The maximum absolute atomic E-state index is 3.52. The molecular formula is C11H15BrClN. The highest BCUT2D eigenvalue weighted by atomic mass is 79.9. The number of aryl methyl sites for hydroxylation is 1. The van der Waals surface area contributed by atoms with Gasteiger partial charge in [-0.15, -0.1) is 12.4 Å². The molecule has 0 radical (unpaired) electrons. The molecule has 1 unspecified atom stereocenters. The zero-order valence-electron chi connectivity index (χ0n) is 8.22. The van der Waals surface area contributed by atoms with E-state index in [1.54, 1.807) is 0 Å². The summed E-state index contributed by atoms with van der Waals surface area (Å²) in [5, 5.41) is 3.37. The molecular weight excluding hydrogens is 261 g/mol. The fourth-order valence-electron chi connectivity index (χ4n) is 2.07. The second-order valence-corrected chi connectivity index (χ2v) is 4.49. The molecule has 1 nitrogen and oxygen atoms in total. The van der Waals surface area contributed by atoms with Crippen LogP contribution in [-0.2, 0) is 6.42 Å². The predicted octanol–water partition coefficient (Wildman–Crippen LogP) is 3.47. The quantitative estimate of drug-likeness (QED) is 0.828. The molecule has 1 aliphatic carbocycles. The number of hydrogen-bond donors (Lipinski definition) is 1. The van der Waals surface area contributed by atoms with Gasteiger partial charge in [0.15, 0.2) is 0 Å². The van der Waals surface area contributed by atoms with E-state index in [-0.39, 0.29) is 12.4 Å². The molecule has 0 saturated heterocycles. The average molecular weight is 277 g/mol. The Balaban J connectivity index is 0.000000980. The number of fused-ring (bicyclic) bond motifs is 1. The molecule has 2 rings (SSSR count). The van der Waals surface area contributed by atoms with Crippen molar-refractivity contribution in [1.29, 1.82) is 0 Å². The number of rotatable bonds is 1. The molecule has 0 saturated carbocycles. The number of benzene rings is 1. The lowest BCUT2D eigenvalue weighted by molar-refractivity contribution is 0.496. The first-order valence-corrected chi connectivity index (χ1v) is 5.56. The molecule has 0 bridgehead atoms. The van der Waals surface area contributed by atoms with E-state index in [4.69, 9.17) is 0 Å². The van der Waals surface area contributed by atoms with E-state index in [1.165, 1.54) is 34.9 Å². The van der Waals surface area contributed by atoms with E-state index >= 15 is 0 Å². The molecule has 1 aromatic rings. The van der Waals surface area contributed by atoms with Crippen molar-refractivity contribution in [3.8, 4) is 0 Å². The molecule has 0 aliphatic heterocycles. The van der Waals surface area contributed by atoms with Gasteiger partial charge in [-0.05, 0) is 49.6 Å². The van der Waals surface area contributed by atoms with Gasteiger partial charge in [-0.1, -0.05) is 22.0 Å². The zero-order chi connectivity index (χ0) is 9.26. The van der Waals surface area contributed by atoms with Crippen molar-refractivity contribution < 1.29 is 0 Å². The van der Waals surface area contributed by atoms with E-state index < -0.39 is 0 Å². The van der Waals surface area contributed by atoms with Crippen LogP contribution in [0.3, 0.4) is 0 Å². The summed E-state index contributed by atoms with van der Waals surface area (Å²) in [6, 6.07) is 7.18. The molecule has 1 aromatic carbocycles. The Morgan fingerprint density at radius 1 is 1.43 bits per heavy atom. The summed E-state index contributed by atoms with van der Waals surface area (Å²) >= 11 is 3.52. The third kappa shape index (κ3) is 2.30. The first-order chi connectivity index (χ1) is 6.31. The highest BCUT2D eigenvalue weighted by Gasteiger charge is 2.18. The smallest absolute Gasteiger partial charge is 0.0320 e. The molecule has 0 spiro atoms. The SMILES string of the molecule is CNC1CCCc2ccc(Br)cc21.Cl. The maximum Gasteiger partial charge on any atom is 0.0320 e. The fraction of sp³-hybridized carbons (Fsp3) is 0.455. The Morgan fingerprint density at radius 2 is 2.21 bits per heavy atom. The van der Waals surface area contributed by atoms with Crippen molar-refractivity contribution >= 4 is 28.3 Å². The Morgan fingerprint density at radius 3 is 2.93 bits per heavy atom. The minimum Gasteiger partial charge on any atom is -0.313 e. The minimum atomic E-state index is 0. The van der Waals surface area contributed by atoms with Gasteiger partial charge in [-0.2, -0.15) is 0 Å². The minimum absolute atomic E-state index is 0. The summed E-state index contributed by atoms with van der Waals surface area (Å²) < 4.78 is 1.19. The van der Waals surface area contributed by atoms with Crippen LogP contribution in [0.4, 0.5) is 0 Å². The number of hydrogen-bond acceptors (Lipinski definition) is 1. The normalized spacial score (nSPS) is 19.7. The zero-order valence-corrected chi connectivity index (χ0v) is 10.6. The van der Waals surface area contributed by atoms with Gasteiger partial charge in [0.2, 0.25) is 0 Å². The molecule has 1 N–H and O–H groups in total. The molecule has 14 heavy (non-hydrogen) atoms. The van der Waals surface area contributed by atoms with Gasteiger partial charge in [-0.25, -0.2) is 0 Å². The molecule has 0 aromatic heterocycles. The molecule has 1 aliphatic rings. The maximum atomic E-state index is 3.52. The standard InChI is InChI=1S/C11H14BrN.ClH/c1-13-11-4-2-3-8-5-6-9(12)7-10(8)11;/h5-7,11,13H,2-4H2,1H3;1H. The van der Waals surface area contributed by atoms with Crippen molar-refractivity contribution in [2.24, 2.45) is 0 Å². The van der Waals surface area contributed by atoms with E-state index in [0.717, 1.165) is 0 Å². The van der Waals surface area contributed by atoms with Crippen molar-refractivity contribution in [2.45, 2.75) is 25.3 Å². The second-order valence-electron chi connectivity index (χ2n) is 3.58. The van der Waals surface area contributed by atoms with E-state index in [0.29, 0.717) is 6.04 Å². The third-order valence-electron chi connectivity index (χ3n) is 2.77. The van der Waals surface area contributed by atoms with Crippen LogP contribution >= 0.6 is 28.3 Å². The van der Waals surface area contributed by atoms with E-state index in [2.05, 4.69) is 39.4 Å². The van der Waals surface area contributed by atoms with Crippen LogP contribution in [0.5, 0.6) is 0 Å². The largest absolute Gasteiger partial charge is 0.313 e. The van der Waals surface area contributed by atoms with Gasteiger partial charge in [0, 0.05) is 10.5 Å². The van der Waals surface area contributed by atoms with Crippen LogP contribution in [0, 0.1) is 0 Å². The fourth-order valence-corrected chi connectivity index (χ4v) is 2.45. The summed E-state index contributed by atoms with van der Waals surface area (Å²) in [5.41, 5.74) is 2.98. The molecule has 0 amide bonds. The first-order valence-electron chi connectivity index (χ1n) is 4.77. The number of halogens is 2. The van der Waals surface area contributed by atoms with Crippen molar-refractivity contribution in [3.63, 3.8) is 0 Å². The lowest BCUT2D eigenvalue weighted by Crippen LogP contribution is -2.21. The Hall–Kier alpha value is -0.0500. The Bertz CT molecular complexity index is 314. The van der Waals surface area contributed by atoms with Crippen LogP contribution in [0.2, 0.25) is 0 Å².